The normalized spacial score (nSPS) is 14.8. The van der Waals surface area contributed by atoms with E-state index in [1.807, 2.05) is 6.92 Å². The fourth-order valence-electron chi connectivity index (χ4n) is 2.83. The second kappa shape index (κ2) is 6.97. The van der Waals surface area contributed by atoms with E-state index in [1.165, 1.54) is 12.1 Å². The van der Waals surface area contributed by atoms with Gasteiger partial charge in [0.15, 0.2) is 0 Å². The molecule has 1 saturated heterocycles. The zero-order valence-electron chi connectivity index (χ0n) is 13.4. The molecule has 0 aliphatic carbocycles. The van der Waals surface area contributed by atoms with Gasteiger partial charge in [0.1, 0.15) is 4.90 Å². The number of sulfonamides is 1. The molecule has 8 heteroatoms. The number of hydrogen-bond donors (Lipinski definition) is 1. The van der Waals surface area contributed by atoms with E-state index in [9.17, 15) is 13.2 Å². The highest BCUT2D eigenvalue weighted by atomic mass is 79.9. The molecule has 1 amide bonds. The van der Waals surface area contributed by atoms with Crippen LogP contribution in [0.1, 0.15) is 18.4 Å². The lowest BCUT2D eigenvalue weighted by molar-refractivity contribution is -0.117. The van der Waals surface area contributed by atoms with Crippen molar-refractivity contribution in [3.8, 4) is 0 Å². The highest BCUT2D eigenvalue weighted by molar-refractivity contribution is 9.10. The average Bonchev–Trinajstić information content (AvgIpc) is 2.92. The van der Waals surface area contributed by atoms with Crippen molar-refractivity contribution in [2.45, 2.75) is 24.7 Å². The maximum atomic E-state index is 12.6. The molecule has 1 fully saturated rings. The van der Waals surface area contributed by atoms with Crippen LogP contribution in [0, 0.1) is 6.92 Å². The number of anilines is 2. The molecule has 0 atom stereocenters. The highest BCUT2D eigenvalue weighted by Crippen LogP contribution is 2.30. The van der Waals surface area contributed by atoms with E-state index >= 15 is 0 Å². The SMILES string of the molecule is Cc1cc(NS(=O)(=O)c2ccc(Br)cc2Cl)ccc1N1CCCC1=O. The van der Waals surface area contributed by atoms with Gasteiger partial charge in [-0.25, -0.2) is 8.42 Å². The summed E-state index contributed by atoms with van der Waals surface area (Å²) in [5, 5.41) is 0.137. The van der Waals surface area contributed by atoms with Gasteiger partial charge in [0.05, 0.1) is 5.02 Å². The van der Waals surface area contributed by atoms with Crippen LogP contribution >= 0.6 is 27.5 Å². The lowest BCUT2D eigenvalue weighted by atomic mass is 10.1. The Balaban J connectivity index is 1.87. The number of carbonyl (C=O) groups excluding carboxylic acids is 1. The van der Waals surface area contributed by atoms with Crippen LogP contribution in [0.2, 0.25) is 5.02 Å². The van der Waals surface area contributed by atoms with Crippen molar-refractivity contribution in [1.29, 1.82) is 0 Å². The Morgan fingerprint density at radius 2 is 1.96 bits per heavy atom. The summed E-state index contributed by atoms with van der Waals surface area (Å²) in [6, 6.07) is 9.72. The lowest BCUT2D eigenvalue weighted by Gasteiger charge is -2.19. The van der Waals surface area contributed by atoms with Gasteiger partial charge in [0.2, 0.25) is 5.91 Å². The summed E-state index contributed by atoms with van der Waals surface area (Å²) in [4.78, 5) is 13.6. The van der Waals surface area contributed by atoms with E-state index in [4.69, 9.17) is 11.6 Å². The minimum Gasteiger partial charge on any atom is -0.312 e. The Bertz CT molecular complexity index is 947. The number of halogens is 2. The van der Waals surface area contributed by atoms with E-state index in [1.54, 1.807) is 29.2 Å². The van der Waals surface area contributed by atoms with Crippen molar-refractivity contribution in [3.63, 3.8) is 0 Å². The Kier molecular flexibility index (Phi) is 5.09. The molecule has 0 saturated carbocycles. The van der Waals surface area contributed by atoms with Crippen LogP contribution in [-0.4, -0.2) is 20.9 Å². The number of hydrogen-bond acceptors (Lipinski definition) is 3. The van der Waals surface area contributed by atoms with Crippen LogP contribution in [-0.2, 0) is 14.8 Å². The van der Waals surface area contributed by atoms with Crippen LogP contribution in [0.3, 0.4) is 0 Å². The molecule has 2 aromatic rings. The summed E-state index contributed by atoms with van der Waals surface area (Å²) < 4.78 is 28.4. The molecule has 0 bridgehead atoms. The molecule has 5 nitrogen and oxygen atoms in total. The number of amides is 1. The predicted octanol–water partition coefficient (Wildman–Crippen LogP) is 4.34. The third kappa shape index (κ3) is 3.83. The van der Waals surface area contributed by atoms with Crippen LogP contribution in [0.4, 0.5) is 11.4 Å². The van der Waals surface area contributed by atoms with Crippen LogP contribution in [0.15, 0.2) is 45.8 Å². The van der Waals surface area contributed by atoms with E-state index in [0.29, 0.717) is 23.1 Å². The molecule has 1 N–H and O–H groups in total. The third-order valence-electron chi connectivity index (χ3n) is 4.00. The molecule has 132 valence electrons. The van der Waals surface area contributed by atoms with Gasteiger partial charge in [-0.15, -0.1) is 0 Å². The van der Waals surface area contributed by atoms with Crippen molar-refractivity contribution >= 4 is 54.8 Å². The van der Waals surface area contributed by atoms with Crippen molar-refractivity contribution in [1.82, 2.24) is 0 Å². The molecule has 1 aliphatic rings. The largest absolute Gasteiger partial charge is 0.312 e. The topological polar surface area (TPSA) is 66.5 Å². The van der Waals surface area contributed by atoms with Gasteiger partial charge in [-0.05, 0) is 55.3 Å². The Labute approximate surface area is 160 Å². The standard InChI is InChI=1S/C17H16BrClN2O3S/c1-11-9-13(5-6-15(11)21-8-2-3-17(21)22)20-25(23,24)16-7-4-12(18)10-14(16)19/h4-7,9-10,20H,2-3,8H2,1H3. The Morgan fingerprint density at radius 3 is 2.56 bits per heavy atom. The van der Waals surface area contributed by atoms with Crippen molar-refractivity contribution in [2.75, 3.05) is 16.2 Å². The minimum atomic E-state index is -3.80. The summed E-state index contributed by atoms with van der Waals surface area (Å²) in [5.74, 6) is 0.0954. The zero-order chi connectivity index (χ0) is 18.2. The van der Waals surface area contributed by atoms with Gasteiger partial charge in [0, 0.05) is 28.8 Å². The number of carbonyl (C=O) groups is 1. The first-order valence-electron chi connectivity index (χ1n) is 7.67. The summed E-state index contributed by atoms with van der Waals surface area (Å²) in [6.07, 6.45) is 1.39. The predicted molar refractivity (Wildman–Crippen MR) is 103 cm³/mol. The molecule has 2 aromatic carbocycles. The molecule has 1 heterocycles. The lowest BCUT2D eigenvalue weighted by Crippen LogP contribution is -2.24. The maximum Gasteiger partial charge on any atom is 0.263 e. The number of nitrogens with zero attached hydrogens (tertiary/aromatic N) is 1. The van der Waals surface area contributed by atoms with E-state index in [0.717, 1.165) is 17.7 Å². The van der Waals surface area contributed by atoms with E-state index in [2.05, 4.69) is 20.7 Å². The first kappa shape index (κ1) is 18.2. The molecule has 0 radical (unpaired) electrons. The molecule has 1 aliphatic heterocycles. The second-order valence-corrected chi connectivity index (χ2v) is 8.80. The monoisotopic (exact) mass is 442 g/mol. The van der Waals surface area contributed by atoms with Gasteiger partial charge >= 0.3 is 0 Å². The average molecular weight is 444 g/mol. The number of nitrogens with one attached hydrogen (secondary N) is 1. The smallest absolute Gasteiger partial charge is 0.263 e. The van der Waals surface area contributed by atoms with Crippen LogP contribution in [0.5, 0.6) is 0 Å². The van der Waals surface area contributed by atoms with Gasteiger partial charge in [0.25, 0.3) is 10.0 Å². The fraction of sp³-hybridized carbons (Fsp3) is 0.235. The number of benzene rings is 2. The van der Waals surface area contributed by atoms with Gasteiger partial charge in [-0.3, -0.25) is 9.52 Å². The molecule has 0 aromatic heterocycles. The highest BCUT2D eigenvalue weighted by Gasteiger charge is 2.24. The summed E-state index contributed by atoms with van der Waals surface area (Å²) in [5.41, 5.74) is 2.07. The maximum absolute atomic E-state index is 12.6. The molecule has 25 heavy (non-hydrogen) atoms. The van der Waals surface area contributed by atoms with Crippen molar-refractivity contribution < 1.29 is 13.2 Å². The first-order valence-corrected chi connectivity index (χ1v) is 10.3. The Hall–Kier alpha value is -1.57. The zero-order valence-corrected chi connectivity index (χ0v) is 16.6. The van der Waals surface area contributed by atoms with Crippen LogP contribution < -0.4 is 9.62 Å². The third-order valence-corrected chi connectivity index (χ3v) is 6.35. The molecule has 0 spiro atoms. The number of rotatable bonds is 4. The summed E-state index contributed by atoms with van der Waals surface area (Å²) in [6.45, 7) is 2.55. The van der Waals surface area contributed by atoms with Gasteiger partial charge < -0.3 is 4.90 Å². The second-order valence-electron chi connectivity index (χ2n) is 5.83. The van der Waals surface area contributed by atoms with Crippen molar-refractivity contribution in [3.05, 3.63) is 51.5 Å². The molecule has 3 rings (SSSR count). The Morgan fingerprint density at radius 1 is 1.20 bits per heavy atom. The fourth-order valence-corrected chi connectivity index (χ4v) is 4.92. The van der Waals surface area contributed by atoms with E-state index < -0.39 is 10.0 Å². The number of aryl methyl sites for hydroxylation is 1. The van der Waals surface area contributed by atoms with Gasteiger partial charge in [-0.1, -0.05) is 27.5 Å². The van der Waals surface area contributed by atoms with Gasteiger partial charge in [-0.2, -0.15) is 0 Å². The molecule has 0 unspecified atom stereocenters. The van der Waals surface area contributed by atoms with Crippen LogP contribution in [0.25, 0.3) is 0 Å². The quantitative estimate of drug-likeness (QED) is 0.764. The molecular weight excluding hydrogens is 428 g/mol. The first-order chi connectivity index (χ1) is 11.8. The minimum absolute atomic E-state index is 0.00816. The van der Waals surface area contributed by atoms with Crippen molar-refractivity contribution in [2.24, 2.45) is 0 Å². The molecular formula is C17H16BrClN2O3S. The summed E-state index contributed by atoms with van der Waals surface area (Å²) in [7, 11) is -3.80. The van der Waals surface area contributed by atoms with E-state index in [-0.39, 0.29) is 15.8 Å². The summed E-state index contributed by atoms with van der Waals surface area (Å²) >= 11 is 9.30.